The zero-order valence-corrected chi connectivity index (χ0v) is 13.4. The zero-order valence-electron chi connectivity index (χ0n) is 12.7. The van der Waals surface area contributed by atoms with Crippen LogP contribution in [-0.2, 0) is 19.2 Å². The molecule has 0 unspecified atom stereocenters. The SMILES string of the molecule is CC(=O)c1ccc(Cl)c(F)c1/C=C/C(=O)ON1C(=O)CCCC1=O. The number of Topliss-reactive ketones (excluding diaryl/α,β-unsaturated/α-hetero) is 1. The first kappa shape index (κ1) is 17.8. The number of nitrogens with zero attached hydrogens (tertiary/aromatic N) is 1. The van der Waals surface area contributed by atoms with Crippen LogP contribution in [-0.4, -0.2) is 28.6 Å². The Kier molecular flexibility index (Phi) is 5.46. The molecule has 0 saturated carbocycles. The first-order valence-corrected chi connectivity index (χ1v) is 7.43. The van der Waals surface area contributed by atoms with Crippen molar-refractivity contribution in [2.45, 2.75) is 26.2 Å². The molecule has 1 heterocycles. The Hall–Kier alpha value is -2.54. The van der Waals surface area contributed by atoms with E-state index in [-0.39, 0.29) is 29.0 Å². The fourth-order valence-electron chi connectivity index (χ4n) is 2.14. The Morgan fingerprint density at radius 1 is 1.25 bits per heavy atom. The molecular formula is C16H13ClFNO5. The summed E-state index contributed by atoms with van der Waals surface area (Å²) in [5, 5.41) is 0.186. The molecule has 0 N–H and O–H groups in total. The molecule has 1 fully saturated rings. The van der Waals surface area contributed by atoms with Crippen LogP contribution in [0.25, 0.3) is 6.08 Å². The number of carbonyl (C=O) groups is 4. The van der Waals surface area contributed by atoms with Crippen molar-refractivity contribution in [1.29, 1.82) is 0 Å². The van der Waals surface area contributed by atoms with Gasteiger partial charge in [0.1, 0.15) is 5.82 Å². The summed E-state index contributed by atoms with van der Waals surface area (Å²) in [5.74, 6) is -3.57. The van der Waals surface area contributed by atoms with Crippen LogP contribution in [0.3, 0.4) is 0 Å². The number of hydrogen-bond acceptors (Lipinski definition) is 5. The number of ketones is 1. The van der Waals surface area contributed by atoms with Crippen molar-refractivity contribution >= 4 is 41.2 Å². The van der Waals surface area contributed by atoms with E-state index in [0.717, 1.165) is 12.2 Å². The van der Waals surface area contributed by atoms with Gasteiger partial charge in [0.2, 0.25) is 0 Å². The third-order valence-corrected chi connectivity index (χ3v) is 3.61. The summed E-state index contributed by atoms with van der Waals surface area (Å²) < 4.78 is 14.0. The lowest BCUT2D eigenvalue weighted by Crippen LogP contribution is -2.41. The molecule has 0 aromatic heterocycles. The second-order valence-electron chi connectivity index (χ2n) is 5.06. The fraction of sp³-hybridized carbons (Fsp3) is 0.250. The van der Waals surface area contributed by atoms with Crippen LogP contribution in [0.4, 0.5) is 4.39 Å². The maximum Gasteiger partial charge on any atom is 0.356 e. The van der Waals surface area contributed by atoms with Crippen LogP contribution in [0.2, 0.25) is 5.02 Å². The molecule has 6 nitrogen and oxygen atoms in total. The monoisotopic (exact) mass is 353 g/mol. The molecule has 8 heteroatoms. The van der Waals surface area contributed by atoms with E-state index in [1.54, 1.807) is 0 Å². The lowest BCUT2D eigenvalue weighted by molar-refractivity contribution is -0.201. The number of carbonyl (C=O) groups excluding carboxylic acids is 4. The number of hydrogen-bond donors (Lipinski definition) is 0. The van der Waals surface area contributed by atoms with Crippen molar-refractivity contribution in [3.8, 4) is 0 Å². The van der Waals surface area contributed by atoms with E-state index in [9.17, 15) is 23.6 Å². The Labute approximate surface area is 141 Å². The largest absolute Gasteiger partial charge is 0.356 e. The molecule has 2 rings (SSSR count). The normalized spacial score (nSPS) is 15.0. The molecule has 1 aromatic carbocycles. The second kappa shape index (κ2) is 7.35. The third kappa shape index (κ3) is 3.86. The van der Waals surface area contributed by atoms with Crippen LogP contribution in [0.5, 0.6) is 0 Å². The average molecular weight is 354 g/mol. The van der Waals surface area contributed by atoms with E-state index >= 15 is 0 Å². The number of rotatable bonds is 4. The maximum absolute atomic E-state index is 14.0. The molecule has 1 aliphatic rings. The van der Waals surface area contributed by atoms with E-state index < -0.39 is 29.4 Å². The third-order valence-electron chi connectivity index (χ3n) is 3.31. The maximum atomic E-state index is 14.0. The van der Waals surface area contributed by atoms with Crippen molar-refractivity contribution in [2.24, 2.45) is 0 Å². The van der Waals surface area contributed by atoms with Gasteiger partial charge in [-0.3, -0.25) is 14.4 Å². The molecule has 0 radical (unpaired) electrons. The summed E-state index contributed by atoms with van der Waals surface area (Å²) in [7, 11) is 0. The topological polar surface area (TPSA) is 80.8 Å². The highest BCUT2D eigenvalue weighted by atomic mass is 35.5. The first-order valence-electron chi connectivity index (χ1n) is 7.06. The lowest BCUT2D eigenvalue weighted by atomic mass is 10.0. The first-order chi connectivity index (χ1) is 11.3. The summed E-state index contributed by atoms with van der Waals surface area (Å²) in [6.07, 6.45) is 2.42. The van der Waals surface area contributed by atoms with Gasteiger partial charge in [-0.1, -0.05) is 11.6 Å². The molecule has 1 saturated heterocycles. The zero-order chi connectivity index (χ0) is 17.9. The highest BCUT2D eigenvalue weighted by Crippen LogP contribution is 2.24. The molecular weight excluding hydrogens is 341 g/mol. The molecule has 1 aliphatic heterocycles. The van der Waals surface area contributed by atoms with Gasteiger partial charge >= 0.3 is 5.97 Å². The second-order valence-corrected chi connectivity index (χ2v) is 5.47. The predicted octanol–water partition coefficient (Wildman–Crippen LogP) is 2.69. The summed E-state index contributed by atoms with van der Waals surface area (Å²) in [6, 6.07) is 2.56. The van der Waals surface area contributed by atoms with Crippen molar-refractivity contribution in [1.82, 2.24) is 5.06 Å². The molecule has 0 atom stereocenters. The molecule has 24 heavy (non-hydrogen) atoms. The fourth-order valence-corrected chi connectivity index (χ4v) is 2.31. The molecule has 0 bridgehead atoms. The minimum atomic E-state index is -1.05. The number of benzene rings is 1. The van der Waals surface area contributed by atoms with E-state index in [4.69, 9.17) is 11.6 Å². The summed E-state index contributed by atoms with van der Waals surface area (Å²) >= 11 is 5.67. The minimum absolute atomic E-state index is 0.0334. The summed E-state index contributed by atoms with van der Waals surface area (Å²) in [5.41, 5.74) is -0.144. The summed E-state index contributed by atoms with van der Waals surface area (Å²) in [6.45, 7) is 1.24. The van der Waals surface area contributed by atoms with Crippen molar-refractivity contribution in [3.05, 3.63) is 40.2 Å². The van der Waals surface area contributed by atoms with Crippen LogP contribution in [0.1, 0.15) is 42.1 Å². The number of amides is 2. The van der Waals surface area contributed by atoms with E-state index in [0.29, 0.717) is 11.5 Å². The molecule has 126 valence electrons. The highest BCUT2D eigenvalue weighted by Gasteiger charge is 2.29. The Balaban J connectivity index is 2.20. The highest BCUT2D eigenvalue weighted by molar-refractivity contribution is 6.31. The van der Waals surface area contributed by atoms with Gasteiger partial charge in [0.05, 0.1) is 5.02 Å². The number of halogens is 2. The van der Waals surface area contributed by atoms with Gasteiger partial charge in [-0.2, -0.15) is 0 Å². The number of hydroxylamine groups is 2. The van der Waals surface area contributed by atoms with Crippen LogP contribution in [0.15, 0.2) is 18.2 Å². The molecule has 0 spiro atoms. The van der Waals surface area contributed by atoms with Gasteiger partial charge < -0.3 is 4.84 Å². The van der Waals surface area contributed by atoms with Gasteiger partial charge in [-0.25, -0.2) is 9.18 Å². The van der Waals surface area contributed by atoms with Gasteiger partial charge in [0.25, 0.3) is 11.8 Å². The Morgan fingerprint density at radius 3 is 2.46 bits per heavy atom. The molecule has 2 amide bonds. The Bertz CT molecular complexity index is 743. The lowest BCUT2D eigenvalue weighted by Gasteiger charge is -2.21. The van der Waals surface area contributed by atoms with Gasteiger partial charge in [0.15, 0.2) is 5.78 Å². The van der Waals surface area contributed by atoms with Crippen LogP contribution in [0, 0.1) is 5.82 Å². The van der Waals surface area contributed by atoms with Crippen molar-refractivity contribution < 1.29 is 28.4 Å². The van der Waals surface area contributed by atoms with Crippen molar-refractivity contribution in [3.63, 3.8) is 0 Å². The summed E-state index contributed by atoms with van der Waals surface area (Å²) in [4.78, 5) is 51.0. The van der Waals surface area contributed by atoms with Crippen LogP contribution < -0.4 is 0 Å². The minimum Gasteiger partial charge on any atom is -0.326 e. The standard InChI is InChI=1S/C16H13ClFNO5/c1-9(20)10-5-7-12(17)16(18)11(10)6-8-15(23)24-19-13(21)3-2-4-14(19)22/h5-8H,2-4H2,1H3/b8-6+. The average Bonchev–Trinajstić information content (AvgIpc) is 2.52. The van der Waals surface area contributed by atoms with Gasteiger partial charge in [-0.05, 0) is 31.6 Å². The molecule has 1 aromatic rings. The molecule has 0 aliphatic carbocycles. The van der Waals surface area contributed by atoms with E-state index in [2.05, 4.69) is 4.84 Å². The quantitative estimate of drug-likeness (QED) is 0.472. The smallest absolute Gasteiger partial charge is 0.326 e. The van der Waals surface area contributed by atoms with Gasteiger partial charge in [-0.15, -0.1) is 5.06 Å². The van der Waals surface area contributed by atoms with E-state index in [1.807, 2.05) is 0 Å². The predicted molar refractivity (Wildman–Crippen MR) is 82.2 cm³/mol. The number of piperidine rings is 1. The van der Waals surface area contributed by atoms with E-state index in [1.165, 1.54) is 19.1 Å². The number of imide groups is 1. The van der Waals surface area contributed by atoms with Crippen LogP contribution >= 0.6 is 11.6 Å². The Morgan fingerprint density at radius 2 is 1.88 bits per heavy atom. The van der Waals surface area contributed by atoms with Crippen molar-refractivity contribution in [2.75, 3.05) is 0 Å². The van der Waals surface area contributed by atoms with Gasteiger partial charge in [0, 0.05) is 30.0 Å².